The summed E-state index contributed by atoms with van der Waals surface area (Å²) in [5.74, 6) is -1.37. The van der Waals surface area contributed by atoms with Gasteiger partial charge in [0.1, 0.15) is 5.76 Å². The number of β-lactam (4-membered cyclic amide) rings is 1. The van der Waals surface area contributed by atoms with Crippen molar-refractivity contribution in [2.75, 3.05) is 13.6 Å². The van der Waals surface area contributed by atoms with E-state index in [1.807, 2.05) is 0 Å². The van der Waals surface area contributed by atoms with Gasteiger partial charge >= 0.3 is 5.97 Å². The monoisotopic (exact) mass is 217 g/mol. The topological polar surface area (TPSA) is 76.1 Å². The quantitative estimate of drug-likeness (QED) is 0.364. The van der Waals surface area contributed by atoms with Crippen LogP contribution in [0.4, 0.5) is 0 Å². The summed E-state index contributed by atoms with van der Waals surface area (Å²) in [7, 11) is -2.88. The van der Waals surface area contributed by atoms with Gasteiger partial charge in [0.05, 0.1) is 24.2 Å². The van der Waals surface area contributed by atoms with Gasteiger partial charge in [-0.15, -0.1) is 0 Å². The Bertz CT molecular complexity index is 419. The van der Waals surface area contributed by atoms with E-state index in [0.717, 1.165) is 4.90 Å². The fourth-order valence-corrected chi connectivity index (χ4v) is 1.70. The SMILES string of the molecule is [2H][13C]([2H])([2H])OC(=O)[C@H]1/C(=C/CO)O[C@@H]2CC(=O)N21. The molecule has 0 aromatic carbocycles. The highest BCUT2D eigenvalue weighted by atomic mass is 16.6. The number of rotatable bonds is 2. The van der Waals surface area contributed by atoms with Crippen LogP contribution in [-0.2, 0) is 19.1 Å². The molecule has 1 N–H and O–H groups in total. The number of aliphatic hydroxyl groups is 1. The summed E-state index contributed by atoms with van der Waals surface area (Å²) >= 11 is 0. The van der Waals surface area contributed by atoms with Crippen molar-refractivity contribution in [1.82, 2.24) is 4.90 Å². The molecule has 2 atom stereocenters. The van der Waals surface area contributed by atoms with Crippen LogP contribution in [0.3, 0.4) is 0 Å². The van der Waals surface area contributed by atoms with E-state index < -0.39 is 25.3 Å². The number of aliphatic hydroxyl groups excluding tert-OH is 1. The van der Waals surface area contributed by atoms with Crippen molar-refractivity contribution in [2.24, 2.45) is 0 Å². The molecule has 82 valence electrons. The Morgan fingerprint density at radius 1 is 1.93 bits per heavy atom. The maximum Gasteiger partial charge on any atom is 0.336 e. The minimum Gasteiger partial charge on any atom is -0.472 e. The van der Waals surface area contributed by atoms with Crippen molar-refractivity contribution in [1.29, 1.82) is 0 Å². The predicted molar refractivity (Wildman–Crippen MR) is 47.3 cm³/mol. The van der Waals surface area contributed by atoms with Crippen molar-refractivity contribution in [2.45, 2.75) is 18.7 Å². The van der Waals surface area contributed by atoms with Crippen LogP contribution in [0.2, 0.25) is 0 Å². The first-order valence-corrected chi connectivity index (χ1v) is 4.35. The number of fused-ring (bicyclic) bond motifs is 1. The van der Waals surface area contributed by atoms with E-state index in [-0.39, 0.29) is 24.7 Å². The number of amides is 1. The highest BCUT2D eigenvalue weighted by Gasteiger charge is 2.53. The zero-order chi connectivity index (χ0) is 13.5. The molecule has 0 aliphatic carbocycles. The van der Waals surface area contributed by atoms with Gasteiger partial charge in [-0.25, -0.2) is 4.79 Å². The number of carbonyl (C=O) groups is 2. The fraction of sp³-hybridized carbons (Fsp3) is 0.556. The van der Waals surface area contributed by atoms with Crippen molar-refractivity contribution in [3.8, 4) is 0 Å². The first-order chi connectivity index (χ1) is 8.33. The summed E-state index contributed by atoms with van der Waals surface area (Å²) in [6.45, 7) is -0.387. The summed E-state index contributed by atoms with van der Waals surface area (Å²) in [6, 6.07) is -1.22. The fourth-order valence-electron chi connectivity index (χ4n) is 1.70. The molecule has 0 unspecified atom stereocenters. The molecule has 2 saturated heterocycles. The minimum absolute atomic E-state index is 0.0441. The van der Waals surface area contributed by atoms with Crippen LogP contribution in [0.15, 0.2) is 11.8 Å². The van der Waals surface area contributed by atoms with Crippen molar-refractivity contribution in [3.63, 3.8) is 0 Å². The molecule has 0 aromatic heterocycles. The lowest BCUT2D eigenvalue weighted by atomic mass is 10.1. The van der Waals surface area contributed by atoms with E-state index in [2.05, 4.69) is 4.74 Å². The number of hydrogen-bond acceptors (Lipinski definition) is 5. The highest BCUT2D eigenvalue weighted by Crippen LogP contribution is 2.36. The minimum atomic E-state index is -2.88. The third-order valence-corrected chi connectivity index (χ3v) is 2.38. The lowest BCUT2D eigenvalue weighted by Crippen LogP contribution is -2.55. The van der Waals surface area contributed by atoms with Gasteiger partial charge in [0.25, 0.3) is 0 Å². The third-order valence-electron chi connectivity index (χ3n) is 2.38. The molecule has 2 aliphatic heterocycles. The molecule has 0 aromatic rings. The van der Waals surface area contributed by atoms with E-state index >= 15 is 0 Å². The Morgan fingerprint density at radius 3 is 3.33 bits per heavy atom. The molecule has 0 radical (unpaired) electrons. The molecule has 0 bridgehead atoms. The normalized spacial score (nSPS) is 34.7. The van der Waals surface area contributed by atoms with Gasteiger partial charge in [0, 0.05) is 0 Å². The molecule has 6 nitrogen and oxygen atoms in total. The number of ether oxygens (including phenoxy) is 2. The lowest BCUT2D eigenvalue weighted by molar-refractivity contribution is -0.164. The zero-order valence-corrected chi connectivity index (χ0v) is 7.67. The van der Waals surface area contributed by atoms with Crippen LogP contribution in [0.25, 0.3) is 0 Å². The van der Waals surface area contributed by atoms with Gasteiger partial charge in [-0.05, 0) is 6.08 Å². The van der Waals surface area contributed by atoms with E-state index in [4.69, 9.17) is 14.0 Å². The second-order valence-electron chi connectivity index (χ2n) is 3.19. The van der Waals surface area contributed by atoms with Crippen LogP contribution in [0, 0.1) is 0 Å². The number of carbonyl (C=O) groups excluding carboxylic acids is 2. The number of hydrogen-bond donors (Lipinski definition) is 1. The van der Waals surface area contributed by atoms with E-state index in [9.17, 15) is 9.59 Å². The summed E-state index contributed by atoms with van der Waals surface area (Å²) < 4.78 is 30.1. The van der Waals surface area contributed by atoms with Crippen LogP contribution in [0.5, 0.6) is 0 Å². The van der Waals surface area contributed by atoms with Gasteiger partial charge in [-0.3, -0.25) is 9.69 Å². The maximum atomic E-state index is 11.7. The summed E-state index contributed by atoms with van der Waals surface area (Å²) in [4.78, 5) is 24.2. The molecule has 6 heteroatoms. The Labute approximate surface area is 90.3 Å². The Morgan fingerprint density at radius 2 is 2.73 bits per heavy atom. The van der Waals surface area contributed by atoms with E-state index in [0.29, 0.717) is 0 Å². The summed E-state index contributed by atoms with van der Waals surface area (Å²) in [6.07, 6.45) is 0.752. The highest BCUT2D eigenvalue weighted by molar-refractivity contribution is 5.91. The first kappa shape index (κ1) is 6.84. The molecule has 15 heavy (non-hydrogen) atoms. The molecule has 1 amide bonds. The second kappa shape index (κ2) is 3.54. The Balaban J connectivity index is 2.19. The first-order valence-electron chi connectivity index (χ1n) is 5.85. The van der Waals surface area contributed by atoms with Gasteiger partial charge in [0.2, 0.25) is 5.91 Å². The Hall–Kier alpha value is -1.56. The van der Waals surface area contributed by atoms with Gasteiger partial charge in [-0.2, -0.15) is 0 Å². The smallest absolute Gasteiger partial charge is 0.336 e. The molecule has 0 spiro atoms. The molecule has 2 aliphatic rings. The zero-order valence-electron chi connectivity index (χ0n) is 10.7. The van der Waals surface area contributed by atoms with E-state index in [1.54, 1.807) is 0 Å². The van der Waals surface area contributed by atoms with Crippen LogP contribution >= 0.6 is 0 Å². The van der Waals surface area contributed by atoms with Crippen molar-refractivity contribution < 1.29 is 28.3 Å². The lowest BCUT2D eigenvalue weighted by Gasteiger charge is -2.33. The number of nitrogens with zero attached hydrogens (tertiary/aromatic N) is 1. The standard InChI is InChI=1S/C9H11NO5/c1-14-9(13)8-5(2-3-11)15-7-4-6(12)10(7)8/h2,7-8,11H,3-4H2,1H3/b5-2-/t7-,8-/m1/s1/i1+1D3. The van der Waals surface area contributed by atoms with Crippen LogP contribution < -0.4 is 0 Å². The van der Waals surface area contributed by atoms with E-state index in [1.165, 1.54) is 6.08 Å². The average Bonchev–Trinajstić information content (AvgIpc) is 2.49. The van der Waals surface area contributed by atoms with Gasteiger partial charge in [-0.1, -0.05) is 0 Å². The maximum absolute atomic E-state index is 11.7. The summed E-state index contributed by atoms with van der Waals surface area (Å²) in [5.41, 5.74) is 0. The average molecular weight is 217 g/mol. The number of methoxy groups -OCH3 is 1. The second-order valence-corrected chi connectivity index (χ2v) is 3.19. The molecule has 2 fully saturated rings. The third kappa shape index (κ3) is 1.37. The van der Waals surface area contributed by atoms with Crippen molar-refractivity contribution in [3.05, 3.63) is 11.8 Å². The Kier molecular flexibility index (Phi) is 1.61. The van der Waals surface area contributed by atoms with Crippen LogP contribution in [0.1, 0.15) is 10.5 Å². The van der Waals surface area contributed by atoms with Gasteiger partial charge in [0.15, 0.2) is 12.3 Å². The molecular formula is C9H11NO5. The molecular weight excluding hydrogens is 203 g/mol. The number of esters is 1. The van der Waals surface area contributed by atoms with Crippen molar-refractivity contribution >= 4 is 11.9 Å². The van der Waals surface area contributed by atoms with Crippen LogP contribution in [-0.4, -0.2) is 47.8 Å². The summed E-state index contributed by atoms with van der Waals surface area (Å²) in [5, 5.41) is 8.79. The molecule has 2 heterocycles. The largest absolute Gasteiger partial charge is 0.472 e. The predicted octanol–water partition coefficient (Wildman–Crippen LogP) is -1.01. The van der Waals surface area contributed by atoms with Gasteiger partial charge < -0.3 is 14.6 Å². The molecule has 0 saturated carbocycles. The molecule has 2 rings (SSSR count).